The van der Waals surface area contributed by atoms with Crippen LogP contribution in [-0.2, 0) is 34.1 Å². The van der Waals surface area contributed by atoms with Gasteiger partial charge in [0, 0.05) is 48.8 Å². The van der Waals surface area contributed by atoms with Gasteiger partial charge < -0.3 is 20.1 Å². The summed E-state index contributed by atoms with van der Waals surface area (Å²) in [7, 11) is -2.34. The fourth-order valence-corrected chi connectivity index (χ4v) is 6.19. The number of methoxy groups -OCH3 is 1. The molecule has 0 radical (unpaired) electrons. The lowest BCUT2D eigenvalue weighted by atomic mass is 9.76. The van der Waals surface area contributed by atoms with Crippen LogP contribution in [0.25, 0.3) is 11.1 Å². The summed E-state index contributed by atoms with van der Waals surface area (Å²) < 4.78 is 39.2. The number of nitrogens with zero attached hydrogens (tertiary/aromatic N) is 4. The molecular weight excluding hydrogens is 504 g/mol. The number of ether oxygens (including phenoxy) is 2. The van der Waals surface area contributed by atoms with Gasteiger partial charge in [-0.3, -0.25) is 0 Å². The molecule has 3 N–H and O–H groups in total. The number of nitrogens with one attached hydrogen (secondary N) is 1. The van der Waals surface area contributed by atoms with Crippen molar-refractivity contribution in [3.05, 3.63) is 53.6 Å². The Morgan fingerprint density at radius 1 is 1.18 bits per heavy atom. The van der Waals surface area contributed by atoms with Crippen LogP contribution in [-0.4, -0.2) is 56.8 Å². The van der Waals surface area contributed by atoms with Gasteiger partial charge in [0.15, 0.2) is 0 Å². The second-order valence-corrected chi connectivity index (χ2v) is 12.3. The number of aryl methyl sites for hydroxylation is 1. The van der Waals surface area contributed by atoms with Crippen LogP contribution >= 0.6 is 0 Å². The monoisotopic (exact) mass is 538 g/mol. The zero-order valence-electron chi connectivity index (χ0n) is 22.0. The Hall–Kier alpha value is -3.28. The van der Waals surface area contributed by atoms with Gasteiger partial charge in [-0.25, -0.2) is 28.1 Å². The maximum absolute atomic E-state index is 12.8. The molecule has 1 aliphatic heterocycles. The second-order valence-electron chi connectivity index (χ2n) is 10.6. The van der Waals surface area contributed by atoms with Crippen LogP contribution < -0.4 is 20.1 Å². The number of nitrogen functional groups attached to an aromatic ring is 1. The van der Waals surface area contributed by atoms with Crippen LogP contribution in [0.15, 0.2) is 41.7 Å². The van der Waals surface area contributed by atoms with Gasteiger partial charge in [-0.1, -0.05) is 19.9 Å². The van der Waals surface area contributed by atoms with Crippen molar-refractivity contribution in [2.45, 2.75) is 44.6 Å². The maximum atomic E-state index is 12.8. The minimum atomic E-state index is -3.84. The Morgan fingerprint density at radius 3 is 2.84 bits per heavy atom. The van der Waals surface area contributed by atoms with E-state index >= 15 is 0 Å². The van der Waals surface area contributed by atoms with Crippen molar-refractivity contribution in [2.24, 2.45) is 5.41 Å². The molecule has 38 heavy (non-hydrogen) atoms. The van der Waals surface area contributed by atoms with Crippen molar-refractivity contribution in [1.82, 2.24) is 19.7 Å². The van der Waals surface area contributed by atoms with Gasteiger partial charge in [0.1, 0.15) is 35.2 Å². The van der Waals surface area contributed by atoms with Crippen LogP contribution in [0.5, 0.6) is 5.75 Å². The van der Waals surface area contributed by atoms with Gasteiger partial charge in [-0.15, -0.1) is 0 Å². The molecule has 10 nitrogen and oxygen atoms in total. The van der Waals surface area contributed by atoms with E-state index in [1.807, 2.05) is 18.2 Å². The summed E-state index contributed by atoms with van der Waals surface area (Å²) in [6, 6.07) is 7.41. The van der Waals surface area contributed by atoms with Gasteiger partial charge >= 0.3 is 0 Å². The molecule has 0 bridgehead atoms. The molecule has 1 aromatic carbocycles. The Bertz CT molecular complexity index is 1440. The number of rotatable bonds is 7. The van der Waals surface area contributed by atoms with E-state index in [0.29, 0.717) is 25.3 Å². The highest BCUT2D eigenvalue weighted by atomic mass is 32.2. The molecule has 0 amide bonds. The number of nitrogens with two attached hydrogens (primary N) is 1. The molecule has 11 heteroatoms. The summed E-state index contributed by atoms with van der Waals surface area (Å²) >= 11 is 0. The van der Waals surface area contributed by atoms with E-state index < -0.39 is 10.0 Å². The Morgan fingerprint density at radius 2 is 2.03 bits per heavy atom. The molecule has 0 atom stereocenters. The third kappa shape index (κ3) is 5.45. The predicted octanol–water partition coefficient (Wildman–Crippen LogP) is 2.96. The number of benzene rings is 1. The van der Waals surface area contributed by atoms with Crippen LogP contribution in [0.4, 0.5) is 11.6 Å². The SMILES string of the molecule is COCCNS(=O)(=O)c1cc(-c2ccc3c(c2)CN(c2ncnc4c2CC(C)(C)CC4)CCO3)cnc1N. The van der Waals surface area contributed by atoms with E-state index in [4.69, 9.17) is 20.2 Å². The van der Waals surface area contributed by atoms with E-state index in [1.165, 1.54) is 12.7 Å². The average molecular weight is 539 g/mol. The number of anilines is 2. The van der Waals surface area contributed by atoms with Crippen molar-refractivity contribution < 1.29 is 17.9 Å². The van der Waals surface area contributed by atoms with Crippen molar-refractivity contribution in [2.75, 3.05) is 44.0 Å². The standard InChI is InChI=1S/C27H34N6O4S/c1-27(2)7-6-22-21(14-27)26(31-17-30-22)33-9-11-37-23-5-4-18(12-20(23)16-33)19-13-24(25(28)29-15-19)38(34,35)32-8-10-36-3/h4-5,12-13,15,17,32H,6-11,14,16H2,1-3H3,(H2,28,29). The molecular formula is C27H34N6O4S. The third-order valence-corrected chi connectivity index (χ3v) is 8.64. The van der Waals surface area contributed by atoms with E-state index in [1.54, 1.807) is 18.6 Å². The molecule has 3 heterocycles. The number of hydrogen-bond acceptors (Lipinski definition) is 9. The minimum absolute atomic E-state index is 0.0561. The Labute approximate surface area is 223 Å². The number of fused-ring (bicyclic) bond motifs is 2. The highest BCUT2D eigenvalue weighted by Crippen LogP contribution is 2.39. The molecule has 2 aromatic heterocycles. The zero-order valence-corrected chi connectivity index (χ0v) is 22.8. The van der Waals surface area contributed by atoms with Crippen molar-refractivity contribution in [1.29, 1.82) is 0 Å². The normalized spacial score (nSPS) is 16.8. The van der Waals surface area contributed by atoms with Crippen LogP contribution in [0, 0.1) is 5.41 Å². The molecule has 202 valence electrons. The smallest absolute Gasteiger partial charge is 0.244 e. The quantitative estimate of drug-likeness (QED) is 0.436. The fraction of sp³-hybridized carbons (Fsp3) is 0.444. The average Bonchev–Trinajstić information content (AvgIpc) is 3.10. The number of sulfonamides is 1. The molecule has 0 spiro atoms. The van der Waals surface area contributed by atoms with Gasteiger partial charge in [0.25, 0.3) is 0 Å². The predicted molar refractivity (Wildman–Crippen MR) is 146 cm³/mol. The molecule has 2 aliphatic rings. The molecule has 0 saturated heterocycles. The van der Waals surface area contributed by atoms with Gasteiger partial charge in [0.05, 0.1) is 13.2 Å². The Kier molecular flexibility index (Phi) is 7.26. The minimum Gasteiger partial charge on any atom is -0.491 e. The molecule has 5 rings (SSSR count). The molecule has 0 fully saturated rings. The van der Waals surface area contributed by atoms with Crippen LogP contribution in [0.2, 0.25) is 0 Å². The highest BCUT2D eigenvalue weighted by Gasteiger charge is 2.30. The first kappa shape index (κ1) is 26.3. The van der Waals surface area contributed by atoms with Crippen molar-refractivity contribution in [3.8, 4) is 16.9 Å². The fourth-order valence-electron chi connectivity index (χ4n) is 5.07. The van der Waals surface area contributed by atoms with Crippen molar-refractivity contribution >= 4 is 21.7 Å². The van der Waals surface area contributed by atoms with Gasteiger partial charge in [-0.05, 0) is 48.4 Å². The lowest BCUT2D eigenvalue weighted by Crippen LogP contribution is -2.31. The third-order valence-electron chi connectivity index (χ3n) is 7.15. The lowest BCUT2D eigenvalue weighted by molar-refractivity contribution is 0.204. The number of aromatic nitrogens is 3. The first-order chi connectivity index (χ1) is 18.2. The molecule has 3 aromatic rings. The first-order valence-electron chi connectivity index (χ1n) is 12.7. The largest absolute Gasteiger partial charge is 0.491 e. The zero-order chi connectivity index (χ0) is 26.9. The molecule has 0 unspecified atom stereocenters. The number of hydrogen-bond donors (Lipinski definition) is 2. The van der Waals surface area contributed by atoms with Crippen LogP contribution in [0.1, 0.15) is 37.1 Å². The van der Waals surface area contributed by atoms with E-state index in [-0.39, 0.29) is 29.3 Å². The molecule has 1 aliphatic carbocycles. The van der Waals surface area contributed by atoms with E-state index in [2.05, 4.69) is 33.4 Å². The second kappa shape index (κ2) is 10.5. The van der Waals surface area contributed by atoms with E-state index in [0.717, 1.165) is 47.7 Å². The Balaban J connectivity index is 1.46. The highest BCUT2D eigenvalue weighted by molar-refractivity contribution is 7.89. The molecule has 0 saturated carbocycles. The lowest BCUT2D eigenvalue weighted by Gasteiger charge is -2.33. The number of pyridine rings is 1. The first-order valence-corrected chi connectivity index (χ1v) is 14.2. The summed E-state index contributed by atoms with van der Waals surface area (Å²) in [6.07, 6.45) is 6.26. The summed E-state index contributed by atoms with van der Waals surface area (Å²) in [5.41, 5.74) is 11.0. The summed E-state index contributed by atoms with van der Waals surface area (Å²) in [6.45, 7) is 6.82. The maximum Gasteiger partial charge on any atom is 0.244 e. The van der Waals surface area contributed by atoms with Gasteiger partial charge in [-0.2, -0.15) is 0 Å². The summed E-state index contributed by atoms with van der Waals surface area (Å²) in [5, 5.41) is 0. The van der Waals surface area contributed by atoms with Crippen LogP contribution in [0.3, 0.4) is 0 Å². The van der Waals surface area contributed by atoms with Crippen molar-refractivity contribution in [3.63, 3.8) is 0 Å². The topological polar surface area (TPSA) is 133 Å². The summed E-state index contributed by atoms with van der Waals surface area (Å²) in [5.74, 6) is 1.71. The van der Waals surface area contributed by atoms with E-state index in [9.17, 15) is 8.42 Å². The van der Waals surface area contributed by atoms with Gasteiger partial charge in [0.2, 0.25) is 10.0 Å². The summed E-state index contributed by atoms with van der Waals surface area (Å²) in [4.78, 5) is 15.7.